The molecule has 0 spiro atoms. The number of nitrogens with zero attached hydrogens (tertiary/aromatic N) is 1. The van der Waals surface area contributed by atoms with Crippen molar-refractivity contribution in [1.82, 2.24) is 4.90 Å². The Morgan fingerprint density at radius 3 is 2.13 bits per heavy atom. The van der Waals surface area contributed by atoms with Crippen molar-refractivity contribution in [3.63, 3.8) is 0 Å². The lowest BCUT2D eigenvalue weighted by Gasteiger charge is -2.22. The molecule has 0 saturated heterocycles. The number of unbranched alkanes of at least 4 members (excludes halogenated alkanes) is 1. The average molecular weight is 536 g/mol. The molecule has 208 valence electrons. The molecule has 7 heteroatoms. The lowest BCUT2D eigenvalue weighted by atomic mass is 9.86. The van der Waals surface area contributed by atoms with E-state index in [2.05, 4.69) is 37.8 Å². The van der Waals surface area contributed by atoms with Gasteiger partial charge in [-0.25, -0.2) is 9.18 Å². The number of hydrogen-bond acceptors (Lipinski definition) is 4. The summed E-state index contributed by atoms with van der Waals surface area (Å²) in [6.07, 6.45) is 1.40. The van der Waals surface area contributed by atoms with Gasteiger partial charge in [0.1, 0.15) is 5.82 Å². The third kappa shape index (κ3) is 9.61. The summed E-state index contributed by atoms with van der Waals surface area (Å²) in [5.74, 6) is -2.10. The lowest BCUT2D eigenvalue weighted by Crippen LogP contribution is -2.28. The number of benzene rings is 3. The van der Waals surface area contributed by atoms with Crippen LogP contribution >= 0.6 is 0 Å². The summed E-state index contributed by atoms with van der Waals surface area (Å²) in [7, 11) is 0. The van der Waals surface area contributed by atoms with Crippen molar-refractivity contribution in [2.24, 2.45) is 0 Å². The van der Waals surface area contributed by atoms with Gasteiger partial charge in [0.25, 0.3) is 0 Å². The summed E-state index contributed by atoms with van der Waals surface area (Å²) in [6, 6.07) is 20.1. The van der Waals surface area contributed by atoms with E-state index in [4.69, 9.17) is 14.9 Å². The van der Waals surface area contributed by atoms with Crippen LogP contribution in [0, 0.1) is 5.82 Å². The molecule has 0 unspecified atom stereocenters. The van der Waals surface area contributed by atoms with E-state index in [1.54, 1.807) is 36.4 Å². The minimum absolute atomic E-state index is 0.0595. The highest BCUT2D eigenvalue weighted by molar-refractivity contribution is 5.87. The molecule has 0 bridgehead atoms. The Labute approximate surface area is 230 Å². The van der Waals surface area contributed by atoms with Gasteiger partial charge in [0, 0.05) is 25.1 Å². The summed E-state index contributed by atoms with van der Waals surface area (Å²) in [6.45, 7) is 8.83. The van der Waals surface area contributed by atoms with E-state index < -0.39 is 11.9 Å². The molecule has 3 aromatic rings. The molecule has 3 aromatic carbocycles. The zero-order valence-corrected chi connectivity index (χ0v) is 23.0. The van der Waals surface area contributed by atoms with Gasteiger partial charge in [0.05, 0.1) is 18.8 Å². The molecule has 0 atom stereocenters. The summed E-state index contributed by atoms with van der Waals surface area (Å²) in [5, 5.41) is 18.0. The molecule has 0 saturated carbocycles. The number of rotatable bonds is 14. The predicted molar refractivity (Wildman–Crippen MR) is 150 cm³/mol. The van der Waals surface area contributed by atoms with Crippen molar-refractivity contribution in [3.8, 4) is 11.1 Å². The van der Waals surface area contributed by atoms with Crippen molar-refractivity contribution in [2.45, 2.75) is 58.6 Å². The lowest BCUT2D eigenvalue weighted by molar-refractivity contribution is -0.137. The first-order chi connectivity index (χ1) is 18.5. The third-order valence-electron chi connectivity index (χ3n) is 6.67. The maximum atomic E-state index is 14.9. The Morgan fingerprint density at radius 1 is 0.872 bits per heavy atom. The van der Waals surface area contributed by atoms with Crippen molar-refractivity contribution in [2.75, 3.05) is 19.7 Å². The molecule has 39 heavy (non-hydrogen) atoms. The molecule has 0 heterocycles. The fraction of sp³-hybridized carbons (Fsp3) is 0.375. The molecule has 0 aliphatic rings. The van der Waals surface area contributed by atoms with Crippen LogP contribution in [-0.4, -0.2) is 46.7 Å². The zero-order chi connectivity index (χ0) is 28.4. The molecule has 0 fully saturated rings. The minimum Gasteiger partial charge on any atom is -0.481 e. The number of halogens is 1. The van der Waals surface area contributed by atoms with Gasteiger partial charge in [-0.1, -0.05) is 69.3 Å². The fourth-order valence-corrected chi connectivity index (χ4v) is 4.27. The van der Waals surface area contributed by atoms with E-state index in [0.29, 0.717) is 44.6 Å². The molecule has 2 N–H and O–H groups in total. The Balaban J connectivity index is 1.55. The van der Waals surface area contributed by atoms with Gasteiger partial charge in [-0.3, -0.25) is 9.69 Å². The Kier molecular flexibility index (Phi) is 10.8. The average Bonchev–Trinajstić information content (AvgIpc) is 2.89. The maximum absolute atomic E-state index is 14.9. The summed E-state index contributed by atoms with van der Waals surface area (Å²) < 4.78 is 20.7. The van der Waals surface area contributed by atoms with Crippen molar-refractivity contribution < 1.29 is 28.9 Å². The highest BCUT2D eigenvalue weighted by Gasteiger charge is 2.14. The topological polar surface area (TPSA) is 87.1 Å². The largest absolute Gasteiger partial charge is 0.481 e. The summed E-state index contributed by atoms with van der Waals surface area (Å²) in [5.41, 5.74) is 4.74. The minimum atomic E-state index is -0.973. The molecule has 6 nitrogen and oxygen atoms in total. The number of aliphatic carboxylic acids is 1. The molecule has 0 radical (unpaired) electrons. The fourth-order valence-electron chi connectivity index (χ4n) is 4.27. The van der Waals surface area contributed by atoms with Crippen LogP contribution in [0.3, 0.4) is 0 Å². The van der Waals surface area contributed by atoms with Crippen LogP contribution in [0.25, 0.3) is 11.1 Å². The van der Waals surface area contributed by atoms with Gasteiger partial charge in [-0.05, 0) is 65.3 Å². The van der Waals surface area contributed by atoms with Gasteiger partial charge >= 0.3 is 11.9 Å². The van der Waals surface area contributed by atoms with Gasteiger partial charge < -0.3 is 14.9 Å². The van der Waals surface area contributed by atoms with Gasteiger partial charge in [-0.2, -0.15) is 0 Å². The van der Waals surface area contributed by atoms with E-state index >= 15 is 0 Å². The maximum Gasteiger partial charge on any atom is 0.335 e. The van der Waals surface area contributed by atoms with Crippen LogP contribution in [0.2, 0.25) is 0 Å². The van der Waals surface area contributed by atoms with Crippen molar-refractivity contribution in [3.05, 3.63) is 94.8 Å². The van der Waals surface area contributed by atoms with E-state index in [1.165, 1.54) is 5.56 Å². The van der Waals surface area contributed by atoms with Crippen LogP contribution in [0.5, 0.6) is 0 Å². The van der Waals surface area contributed by atoms with Gasteiger partial charge in [-0.15, -0.1) is 0 Å². The number of carbonyl (C=O) groups is 2. The van der Waals surface area contributed by atoms with Crippen molar-refractivity contribution in [1.29, 1.82) is 0 Å². The van der Waals surface area contributed by atoms with Crippen LogP contribution in [0.15, 0.2) is 66.7 Å². The second-order valence-corrected chi connectivity index (χ2v) is 10.8. The molecule has 0 aliphatic heterocycles. The van der Waals surface area contributed by atoms with E-state index in [1.807, 2.05) is 18.2 Å². The first-order valence-electron chi connectivity index (χ1n) is 13.3. The Bertz CT molecular complexity index is 1230. The van der Waals surface area contributed by atoms with Gasteiger partial charge in [0.15, 0.2) is 0 Å². The Morgan fingerprint density at radius 2 is 1.54 bits per heavy atom. The molecular weight excluding hydrogens is 497 g/mol. The zero-order valence-electron chi connectivity index (χ0n) is 23.0. The number of ether oxygens (including phenoxy) is 1. The predicted octanol–water partition coefficient (Wildman–Crippen LogP) is 6.76. The quantitative estimate of drug-likeness (QED) is 0.222. The molecule has 0 amide bonds. The Hall–Kier alpha value is -3.55. The molecule has 0 aliphatic carbocycles. The molecule has 0 aromatic heterocycles. The van der Waals surface area contributed by atoms with Crippen LogP contribution in [-0.2, 0) is 28.1 Å². The van der Waals surface area contributed by atoms with E-state index in [9.17, 15) is 14.0 Å². The number of carboxylic acid groups (broad SMARTS) is 2. The SMILES string of the molecule is CC(C)(C)c1ccc(-c2ccc(COCCN(CCCCC(=O)O)Cc3ccc(C(=O)O)cc3)c(F)c2)cc1. The second-order valence-electron chi connectivity index (χ2n) is 10.8. The number of hydrogen-bond donors (Lipinski definition) is 2. The van der Waals surface area contributed by atoms with Crippen molar-refractivity contribution >= 4 is 11.9 Å². The second kappa shape index (κ2) is 14.0. The van der Waals surface area contributed by atoms with E-state index in [0.717, 1.165) is 16.7 Å². The number of aromatic carboxylic acids is 1. The van der Waals surface area contributed by atoms with Gasteiger partial charge in [0.2, 0.25) is 0 Å². The summed E-state index contributed by atoms with van der Waals surface area (Å²) in [4.78, 5) is 24.1. The van der Waals surface area contributed by atoms with E-state index in [-0.39, 0.29) is 29.8 Å². The first kappa shape index (κ1) is 30.0. The number of carboxylic acids is 2. The third-order valence-corrected chi connectivity index (χ3v) is 6.67. The van der Waals surface area contributed by atoms with Crippen LogP contribution < -0.4 is 0 Å². The smallest absolute Gasteiger partial charge is 0.335 e. The first-order valence-corrected chi connectivity index (χ1v) is 13.3. The standard InChI is InChI=1S/C32H38FNO5/c1-32(2,3)28-15-13-24(14-16-28)26-11-12-27(29(33)20-26)22-39-19-18-34(17-5-4-6-30(35)36)21-23-7-9-25(10-8-23)31(37)38/h7-16,20H,4-6,17-19,21-22H2,1-3H3,(H,35,36)(H,37,38). The molecular formula is C32H38FNO5. The molecule has 3 rings (SSSR count). The van der Waals surface area contributed by atoms with Crippen LogP contribution in [0.4, 0.5) is 4.39 Å². The summed E-state index contributed by atoms with van der Waals surface area (Å²) >= 11 is 0. The highest BCUT2D eigenvalue weighted by Crippen LogP contribution is 2.27. The van der Waals surface area contributed by atoms with Crippen LogP contribution in [0.1, 0.15) is 67.1 Å². The highest BCUT2D eigenvalue weighted by atomic mass is 19.1. The monoisotopic (exact) mass is 535 g/mol. The normalized spacial score (nSPS) is 11.6.